The number of aliphatic carboxylic acids is 1. The molecule has 0 aliphatic heterocycles. The smallest absolute Gasteiger partial charge is 0.328 e. The van der Waals surface area contributed by atoms with Crippen LogP contribution in [0.3, 0.4) is 0 Å². The van der Waals surface area contributed by atoms with Gasteiger partial charge in [-0.25, -0.2) is 4.79 Å². The first-order valence-electron chi connectivity index (χ1n) is 4.15. The van der Waals surface area contributed by atoms with Gasteiger partial charge in [0.1, 0.15) is 0 Å². The molecule has 80 valence electrons. The zero-order chi connectivity index (χ0) is 11.1. The Morgan fingerprint density at radius 3 is 2.50 bits per heavy atom. The number of carboxylic acid groups (broad SMARTS) is 1. The van der Waals surface area contributed by atoms with Crippen molar-refractivity contribution in [3.8, 4) is 0 Å². The van der Waals surface area contributed by atoms with E-state index in [1.54, 1.807) is 14.2 Å². The largest absolute Gasteiger partial charge is 0.478 e. The van der Waals surface area contributed by atoms with Gasteiger partial charge in [0.2, 0.25) is 5.91 Å². The van der Waals surface area contributed by atoms with Gasteiger partial charge < -0.3 is 14.7 Å². The lowest BCUT2D eigenvalue weighted by atomic mass is 10.3. The molecule has 0 radical (unpaired) electrons. The summed E-state index contributed by atoms with van der Waals surface area (Å²) >= 11 is 0. The fraction of sp³-hybridized carbons (Fsp3) is 0.556. The monoisotopic (exact) mass is 201 g/mol. The molecule has 1 unspecified atom stereocenters. The third-order valence-electron chi connectivity index (χ3n) is 1.79. The molecule has 0 saturated carbocycles. The lowest BCUT2D eigenvalue weighted by Crippen LogP contribution is -2.36. The zero-order valence-corrected chi connectivity index (χ0v) is 8.56. The van der Waals surface area contributed by atoms with E-state index in [2.05, 4.69) is 0 Å². The maximum Gasteiger partial charge on any atom is 0.328 e. The maximum absolute atomic E-state index is 11.3. The van der Waals surface area contributed by atoms with E-state index in [0.717, 1.165) is 12.2 Å². The van der Waals surface area contributed by atoms with E-state index in [1.807, 2.05) is 6.92 Å². The van der Waals surface area contributed by atoms with Crippen LogP contribution in [0.2, 0.25) is 0 Å². The van der Waals surface area contributed by atoms with Crippen LogP contribution in [0.5, 0.6) is 0 Å². The van der Waals surface area contributed by atoms with Gasteiger partial charge in [0.05, 0.1) is 12.6 Å². The van der Waals surface area contributed by atoms with Crippen molar-refractivity contribution in [1.82, 2.24) is 4.90 Å². The molecule has 1 amide bonds. The molecule has 5 nitrogen and oxygen atoms in total. The summed E-state index contributed by atoms with van der Waals surface area (Å²) in [5, 5.41) is 8.30. The van der Waals surface area contributed by atoms with E-state index in [1.165, 1.54) is 4.90 Å². The van der Waals surface area contributed by atoms with E-state index < -0.39 is 5.97 Å². The second-order valence-electron chi connectivity index (χ2n) is 2.93. The van der Waals surface area contributed by atoms with Gasteiger partial charge in [-0.1, -0.05) is 0 Å². The first kappa shape index (κ1) is 12.6. The highest BCUT2D eigenvalue weighted by Crippen LogP contribution is 1.97. The van der Waals surface area contributed by atoms with Crippen molar-refractivity contribution in [2.24, 2.45) is 0 Å². The molecule has 5 heteroatoms. The Bertz CT molecular complexity index is 237. The van der Waals surface area contributed by atoms with Gasteiger partial charge in [-0.05, 0) is 6.92 Å². The minimum atomic E-state index is -1.13. The van der Waals surface area contributed by atoms with Crippen LogP contribution in [0, 0.1) is 0 Å². The lowest BCUT2D eigenvalue weighted by Gasteiger charge is -2.22. The number of hydrogen-bond donors (Lipinski definition) is 1. The van der Waals surface area contributed by atoms with Crippen LogP contribution < -0.4 is 0 Å². The average Bonchev–Trinajstić information content (AvgIpc) is 2.13. The van der Waals surface area contributed by atoms with Crippen molar-refractivity contribution in [1.29, 1.82) is 0 Å². The minimum absolute atomic E-state index is 0.0778. The summed E-state index contributed by atoms with van der Waals surface area (Å²) in [6, 6.07) is -0.0778. The normalized spacial score (nSPS) is 12.8. The molecule has 0 aromatic rings. The number of amides is 1. The predicted octanol–water partition coefficient (Wildman–Crippen LogP) is 0.121. The van der Waals surface area contributed by atoms with Crippen molar-refractivity contribution in [2.75, 3.05) is 20.8 Å². The highest BCUT2D eigenvalue weighted by molar-refractivity contribution is 5.93. The number of ether oxygens (including phenoxy) is 1. The summed E-state index contributed by atoms with van der Waals surface area (Å²) in [7, 11) is 3.14. The fourth-order valence-electron chi connectivity index (χ4n) is 0.830. The highest BCUT2D eigenvalue weighted by atomic mass is 16.5. The average molecular weight is 201 g/mol. The number of methoxy groups -OCH3 is 1. The molecule has 0 bridgehead atoms. The molecule has 0 spiro atoms. The molecule has 0 aliphatic carbocycles. The van der Waals surface area contributed by atoms with Crippen LogP contribution in [-0.2, 0) is 14.3 Å². The Morgan fingerprint density at radius 2 is 2.07 bits per heavy atom. The van der Waals surface area contributed by atoms with E-state index in [0.29, 0.717) is 6.61 Å². The van der Waals surface area contributed by atoms with Crippen molar-refractivity contribution in [3.05, 3.63) is 12.2 Å². The van der Waals surface area contributed by atoms with Crippen LogP contribution in [-0.4, -0.2) is 48.7 Å². The second kappa shape index (κ2) is 6.15. The standard InChI is InChI=1S/C9H15NO4/c1-7(6-14-3)10(2)8(11)4-5-9(12)13/h4-5,7H,6H2,1-3H3,(H,12,13)/b5-4+. The van der Waals surface area contributed by atoms with Crippen molar-refractivity contribution >= 4 is 11.9 Å². The van der Waals surface area contributed by atoms with Crippen LogP contribution in [0.15, 0.2) is 12.2 Å². The summed E-state index contributed by atoms with van der Waals surface area (Å²) in [6.07, 6.45) is 1.84. The van der Waals surface area contributed by atoms with Crippen molar-refractivity contribution in [2.45, 2.75) is 13.0 Å². The van der Waals surface area contributed by atoms with Gasteiger partial charge in [0.15, 0.2) is 0 Å². The van der Waals surface area contributed by atoms with Crippen molar-refractivity contribution in [3.63, 3.8) is 0 Å². The first-order chi connectivity index (χ1) is 6.49. The maximum atomic E-state index is 11.3. The number of carbonyl (C=O) groups excluding carboxylic acids is 1. The Balaban J connectivity index is 4.17. The van der Waals surface area contributed by atoms with Crippen molar-refractivity contribution < 1.29 is 19.4 Å². The fourth-order valence-corrected chi connectivity index (χ4v) is 0.830. The highest BCUT2D eigenvalue weighted by Gasteiger charge is 2.12. The molecular weight excluding hydrogens is 186 g/mol. The number of carboxylic acids is 1. The summed E-state index contributed by atoms with van der Waals surface area (Å²) in [5.41, 5.74) is 0. The Hall–Kier alpha value is -1.36. The van der Waals surface area contributed by atoms with Gasteiger partial charge in [0.25, 0.3) is 0 Å². The van der Waals surface area contributed by atoms with Gasteiger partial charge >= 0.3 is 5.97 Å². The summed E-state index contributed by atoms with van der Waals surface area (Å²) in [6.45, 7) is 2.24. The predicted molar refractivity (Wildman–Crippen MR) is 50.9 cm³/mol. The molecule has 0 aliphatic rings. The van der Waals surface area contributed by atoms with Gasteiger partial charge in [-0.15, -0.1) is 0 Å². The van der Waals surface area contributed by atoms with Gasteiger partial charge in [0, 0.05) is 26.3 Å². The topological polar surface area (TPSA) is 66.8 Å². The van der Waals surface area contributed by atoms with E-state index in [9.17, 15) is 9.59 Å². The summed E-state index contributed by atoms with van der Waals surface area (Å²) < 4.78 is 4.87. The van der Waals surface area contributed by atoms with Crippen LogP contribution in [0.25, 0.3) is 0 Å². The first-order valence-corrected chi connectivity index (χ1v) is 4.15. The minimum Gasteiger partial charge on any atom is -0.478 e. The molecule has 0 rings (SSSR count). The molecule has 1 atom stereocenters. The molecule has 0 aromatic carbocycles. The molecule has 0 heterocycles. The van der Waals surface area contributed by atoms with Gasteiger partial charge in [-0.3, -0.25) is 4.79 Å². The zero-order valence-electron chi connectivity index (χ0n) is 8.56. The number of likely N-dealkylation sites (N-methyl/N-ethyl adjacent to an activating group) is 1. The van der Waals surface area contributed by atoms with Crippen LogP contribution >= 0.6 is 0 Å². The number of carbonyl (C=O) groups is 2. The third-order valence-corrected chi connectivity index (χ3v) is 1.79. The molecule has 14 heavy (non-hydrogen) atoms. The summed E-state index contributed by atoms with van der Waals surface area (Å²) in [5.74, 6) is -1.48. The number of hydrogen-bond acceptors (Lipinski definition) is 3. The van der Waals surface area contributed by atoms with Crippen LogP contribution in [0.4, 0.5) is 0 Å². The molecule has 0 saturated heterocycles. The Kier molecular flexibility index (Phi) is 5.55. The third kappa shape index (κ3) is 4.61. The van der Waals surface area contributed by atoms with E-state index in [4.69, 9.17) is 9.84 Å². The van der Waals surface area contributed by atoms with Gasteiger partial charge in [-0.2, -0.15) is 0 Å². The molecule has 0 aromatic heterocycles. The number of rotatable bonds is 5. The Labute approximate surface area is 83.0 Å². The van der Waals surface area contributed by atoms with E-state index >= 15 is 0 Å². The SMILES string of the molecule is COCC(C)N(C)C(=O)/C=C/C(=O)O. The lowest BCUT2D eigenvalue weighted by molar-refractivity contribution is -0.132. The molecule has 0 fully saturated rings. The van der Waals surface area contributed by atoms with Crippen LogP contribution in [0.1, 0.15) is 6.92 Å². The number of nitrogens with zero attached hydrogens (tertiary/aromatic N) is 1. The summed E-state index contributed by atoms with van der Waals surface area (Å²) in [4.78, 5) is 22.8. The molecular formula is C9H15NO4. The second-order valence-corrected chi connectivity index (χ2v) is 2.93. The van der Waals surface area contributed by atoms with E-state index in [-0.39, 0.29) is 11.9 Å². The molecule has 1 N–H and O–H groups in total. The quantitative estimate of drug-likeness (QED) is 0.641. The Morgan fingerprint density at radius 1 is 1.50 bits per heavy atom.